The van der Waals surface area contributed by atoms with Crippen LogP contribution in [0.3, 0.4) is 0 Å². The molecule has 0 spiro atoms. The second kappa shape index (κ2) is 6.21. The maximum atomic E-state index is 12.0. The number of carbonyl (C=O) groups is 1. The van der Waals surface area contributed by atoms with Crippen molar-refractivity contribution >= 4 is 5.91 Å². The molecular formula is C12H23NO3. The first-order valence-corrected chi connectivity index (χ1v) is 6.02. The standard InChI is InChI=1S/C12H23NO3/c1-9(8-16-3)12(15)13-6-4-5-11(7-13)10(2)14/h9-11,14H,4-8H2,1-3H3. The highest BCUT2D eigenvalue weighted by molar-refractivity contribution is 5.78. The third-order valence-corrected chi connectivity index (χ3v) is 3.29. The van der Waals surface area contributed by atoms with Gasteiger partial charge in [0.1, 0.15) is 0 Å². The zero-order valence-corrected chi connectivity index (χ0v) is 10.5. The van der Waals surface area contributed by atoms with Crippen LogP contribution in [0.2, 0.25) is 0 Å². The lowest BCUT2D eigenvalue weighted by molar-refractivity contribution is -0.139. The second-order valence-electron chi connectivity index (χ2n) is 4.78. The highest BCUT2D eigenvalue weighted by atomic mass is 16.5. The Morgan fingerprint density at radius 2 is 2.25 bits per heavy atom. The molecule has 1 fully saturated rings. The Balaban J connectivity index is 2.49. The van der Waals surface area contributed by atoms with Crippen LogP contribution in [-0.2, 0) is 9.53 Å². The van der Waals surface area contributed by atoms with Crippen LogP contribution in [-0.4, -0.2) is 48.8 Å². The van der Waals surface area contributed by atoms with Gasteiger partial charge >= 0.3 is 0 Å². The van der Waals surface area contributed by atoms with E-state index in [-0.39, 0.29) is 23.8 Å². The van der Waals surface area contributed by atoms with Gasteiger partial charge in [0.25, 0.3) is 0 Å². The number of aliphatic hydroxyl groups is 1. The molecule has 0 saturated carbocycles. The molecule has 3 unspecified atom stereocenters. The number of likely N-dealkylation sites (tertiary alicyclic amines) is 1. The highest BCUT2D eigenvalue weighted by Gasteiger charge is 2.28. The molecular weight excluding hydrogens is 206 g/mol. The highest BCUT2D eigenvalue weighted by Crippen LogP contribution is 2.21. The lowest BCUT2D eigenvalue weighted by Crippen LogP contribution is -2.45. The number of methoxy groups -OCH3 is 1. The predicted molar refractivity (Wildman–Crippen MR) is 62.0 cm³/mol. The summed E-state index contributed by atoms with van der Waals surface area (Å²) >= 11 is 0. The van der Waals surface area contributed by atoms with E-state index in [9.17, 15) is 9.90 Å². The van der Waals surface area contributed by atoms with Crippen LogP contribution < -0.4 is 0 Å². The van der Waals surface area contributed by atoms with E-state index in [2.05, 4.69) is 0 Å². The molecule has 94 valence electrons. The Morgan fingerprint density at radius 1 is 1.56 bits per heavy atom. The summed E-state index contributed by atoms with van der Waals surface area (Å²) in [6.07, 6.45) is 1.68. The van der Waals surface area contributed by atoms with Gasteiger partial charge in [0, 0.05) is 26.1 Å². The van der Waals surface area contributed by atoms with E-state index in [0.29, 0.717) is 13.2 Å². The molecule has 1 heterocycles. The number of carbonyl (C=O) groups excluding carboxylic acids is 1. The van der Waals surface area contributed by atoms with E-state index >= 15 is 0 Å². The number of piperidine rings is 1. The number of hydrogen-bond acceptors (Lipinski definition) is 3. The van der Waals surface area contributed by atoms with Crippen molar-refractivity contribution in [2.24, 2.45) is 11.8 Å². The minimum Gasteiger partial charge on any atom is -0.393 e. The van der Waals surface area contributed by atoms with Gasteiger partial charge in [-0.25, -0.2) is 0 Å². The van der Waals surface area contributed by atoms with Crippen LogP contribution in [0.4, 0.5) is 0 Å². The summed E-state index contributed by atoms with van der Waals surface area (Å²) in [7, 11) is 1.61. The molecule has 0 aromatic rings. The number of amides is 1. The molecule has 4 heteroatoms. The Bertz CT molecular complexity index is 230. The molecule has 0 aromatic carbocycles. The Hall–Kier alpha value is -0.610. The smallest absolute Gasteiger partial charge is 0.227 e. The molecule has 16 heavy (non-hydrogen) atoms. The van der Waals surface area contributed by atoms with Crippen molar-refractivity contribution in [1.82, 2.24) is 4.90 Å². The van der Waals surface area contributed by atoms with Gasteiger partial charge in [0.2, 0.25) is 5.91 Å². The molecule has 0 aromatic heterocycles. The van der Waals surface area contributed by atoms with E-state index in [1.54, 1.807) is 14.0 Å². The molecule has 1 aliphatic rings. The normalized spacial score (nSPS) is 25.2. The molecule has 1 N–H and O–H groups in total. The van der Waals surface area contributed by atoms with E-state index in [0.717, 1.165) is 19.4 Å². The zero-order valence-electron chi connectivity index (χ0n) is 10.5. The van der Waals surface area contributed by atoms with Crippen molar-refractivity contribution < 1.29 is 14.6 Å². The summed E-state index contributed by atoms with van der Waals surface area (Å²) in [6.45, 7) is 5.66. The maximum Gasteiger partial charge on any atom is 0.227 e. The van der Waals surface area contributed by atoms with Crippen LogP contribution >= 0.6 is 0 Å². The molecule has 1 amide bonds. The van der Waals surface area contributed by atoms with Gasteiger partial charge in [-0.05, 0) is 19.8 Å². The minimum atomic E-state index is -0.326. The molecule has 4 nitrogen and oxygen atoms in total. The van der Waals surface area contributed by atoms with Crippen LogP contribution in [0.1, 0.15) is 26.7 Å². The molecule has 1 rings (SSSR count). The Labute approximate surface area is 97.6 Å². The van der Waals surface area contributed by atoms with E-state index in [1.807, 2.05) is 11.8 Å². The van der Waals surface area contributed by atoms with Crippen molar-refractivity contribution in [3.63, 3.8) is 0 Å². The van der Waals surface area contributed by atoms with E-state index in [1.165, 1.54) is 0 Å². The van der Waals surface area contributed by atoms with Gasteiger partial charge in [0.15, 0.2) is 0 Å². The van der Waals surface area contributed by atoms with Crippen molar-refractivity contribution in [2.45, 2.75) is 32.8 Å². The number of aliphatic hydroxyl groups excluding tert-OH is 1. The Morgan fingerprint density at radius 3 is 2.81 bits per heavy atom. The van der Waals surface area contributed by atoms with Crippen LogP contribution in [0.15, 0.2) is 0 Å². The van der Waals surface area contributed by atoms with E-state index < -0.39 is 0 Å². The van der Waals surface area contributed by atoms with Crippen LogP contribution in [0, 0.1) is 11.8 Å². The summed E-state index contributed by atoms with van der Waals surface area (Å²) in [5.41, 5.74) is 0. The fourth-order valence-corrected chi connectivity index (χ4v) is 2.24. The third-order valence-electron chi connectivity index (χ3n) is 3.29. The first-order chi connectivity index (χ1) is 7.56. The summed E-state index contributed by atoms with van der Waals surface area (Å²) in [6, 6.07) is 0. The van der Waals surface area contributed by atoms with E-state index in [4.69, 9.17) is 4.74 Å². The van der Waals surface area contributed by atoms with Crippen LogP contribution in [0.25, 0.3) is 0 Å². The van der Waals surface area contributed by atoms with Gasteiger partial charge in [-0.2, -0.15) is 0 Å². The number of ether oxygens (including phenoxy) is 1. The summed E-state index contributed by atoms with van der Waals surface area (Å²) in [4.78, 5) is 13.9. The average Bonchev–Trinajstić information content (AvgIpc) is 2.28. The van der Waals surface area contributed by atoms with Gasteiger partial charge < -0.3 is 14.7 Å². The average molecular weight is 229 g/mol. The number of rotatable bonds is 4. The third kappa shape index (κ3) is 3.46. The van der Waals surface area contributed by atoms with Gasteiger partial charge in [0.05, 0.1) is 18.6 Å². The predicted octanol–water partition coefficient (Wildman–Crippen LogP) is 0.888. The largest absolute Gasteiger partial charge is 0.393 e. The number of nitrogens with zero attached hydrogens (tertiary/aromatic N) is 1. The maximum absolute atomic E-state index is 12.0. The second-order valence-corrected chi connectivity index (χ2v) is 4.78. The first kappa shape index (κ1) is 13.5. The Kier molecular flexibility index (Phi) is 5.22. The van der Waals surface area contributed by atoms with Crippen molar-refractivity contribution in [2.75, 3.05) is 26.8 Å². The molecule has 1 aliphatic heterocycles. The topological polar surface area (TPSA) is 49.8 Å². The molecule has 0 aliphatic carbocycles. The van der Waals surface area contributed by atoms with Crippen LogP contribution in [0.5, 0.6) is 0 Å². The van der Waals surface area contributed by atoms with Gasteiger partial charge in [-0.3, -0.25) is 4.79 Å². The molecule has 0 radical (unpaired) electrons. The molecule has 1 saturated heterocycles. The summed E-state index contributed by atoms with van der Waals surface area (Å²) in [5, 5.41) is 9.56. The van der Waals surface area contributed by atoms with Crippen molar-refractivity contribution in [3.8, 4) is 0 Å². The summed E-state index contributed by atoms with van der Waals surface area (Å²) < 4.78 is 4.99. The first-order valence-electron chi connectivity index (χ1n) is 6.02. The minimum absolute atomic E-state index is 0.0854. The van der Waals surface area contributed by atoms with Gasteiger partial charge in [-0.1, -0.05) is 6.92 Å². The van der Waals surface area contributed by atoms with Crippen molar-refractivity contribution in [1.29, 1.82) is 0 Å². The fraction of sp³-hybridized carbons (Fsp3) is 0.917. The quantitative estimate of drug-likeness (QED) is 0.779. The SMILES string of the molecule is COCC(C)C(=O)N1CCCC(C(C)O)C1. The fourth-order valence-electron chi connectivity index (χ4n) is 2.24. The molecule has 0 bridgehead atoms. The van der Waals surface area contributed by atoms with Crippen molar-refractivity contribution in [3.05, 3.63) is 0 Å². The monoisotopic (exact) mass is 229 g/mol. The van der Waals surface area contributed by atoms with Gasteiger partial charge in [-0.15, -0.1) is 0 Å². The summed E-state index contributed by atoms with van der Waals surface area (Å²) in [5.74, 6) is 0.289. The zero-order chi connectivity index (χ0) is 12.1. The lowest BCUT2D eigenvalue weighted by atomic mass is 9.92. The number of hydrogen-bond donors (Lipinski definition) is 1. The molecule has 3 atom stereocenters. The lowest BCUT2D eigenvalue weighted by Gasteiger charge is -2.35.